The van der Waals surface area contributed by atoms with E-state index in [9.17, 15) is 0 Å². The number of anilines is 1. The molecule has 14 heavy (non-hydrogen) atoms. The minimum absolute atomic E-state index is 0.333. The molecule has 0 spiro atoms. The molecule has 1 aliphatic rings. The third-order valence-electron chi connectivity index (χ3n) is 2.46. The number of hydrazone groups is 1. The van der Waals surface area contributed by atoms with Gasteiger partial charge in [0.2, 0.25) is 0 Å². The molecule has 1 saturated carbocycles. The van der Waals surface area contributed by atoms with Crippen LogP contribution in [0.2, 0.25) is 0 Å². The molecule has 4 heteroatoms. The molecule has 6 N–H and O–H groups in total. The first kappa shape index (κ1) is 8.87. The molecule has 0 atom stereocenters. The largest absolute Gasteiger partial charge is 0.399 e. The Hall–Kier alpha value is -1.71. The van der Waals surface area contributed by atoms with Crippen LogP contribution in [0.3, 0.4) is 0 Å². The Morgan fingerprint density at radius 1 is 1.29 bits per heavy atom. The number of rotatable bonds is 2. The molecule has 2 rings (SSSR count). The van der Waals surface area contributed by atoms with Gasteiger partial charge in [0.05, 0.1) is 0 Å². The van der Waals surface area contributed by atoms with E-state index in [4.69, 9.17) is 17.3 Å². The van der Waals surface area contributed by atoms with Crippen LogP contribution in [-0.4, -0.2) is 5.84 Å². The van der Waals surface area contributed by atoms with Crippen molar-refractivity contribution in [2.75, 3.05) is 5.73 Å². The molecule has 1 aliphatic carbocycles. The monoisotopic (exact) mass is 190 g/mol. The first-order chi connectivity index (χ1) is 6.70. The molecule has 0 bridgehead atoms. The summed E-state index contributed by atoms with van der Waals surface area (Å²) < 4.78 is 0. The van der Waals surface area contributed by atoms with Crippen molar-refractivity contribution in [3.63, 3.8) is 0 Å². The lowest BCUT2D eigenvalue weighted by Gasteiger charge is -2.05. The lowest BCUT2D eigenvalue weighted by Crippen LogP contribution is -2.16. The Kier molecular flexibility index (Phi) is 2.04. The van der Waals surface area contributed by atoms with Crippen LogP contribution in [-0.2, 0) is 0 Å². The summed E-state index contributed by atoms with van der Waals surface area (Å²) in [6.45, 7) is 0. The van der Waals surface area contributed by atoms with Gasteiger partial charge < -0.3 is 17.3 Å². The minimum Gasteiger partial charge on any atom is -0.399 e. The van der Waals surface area contributed by atoms with E-state index in [-0.39, 0.29) is 0 Å². The second-order valence-electron chi connectivity index (χ2n) is 3.68. The molecular weight excluding hydrogens is 176 g/mol. The van der Waals surface area contributed by atoms with Crippen LogP contribution in [0, 0.1) is 0 Å². The van der Waals surface area contributed by atoms with Crippen molar-refractivity contribution in [2.45, 2.75) is 18.8 Å². The van der Waals surface area contributed by atoms with Gasteiger partial charge in [-0.3, -0.25) is 0 Å². The van der Waals surface area contributed by atoms with Crippen LogP contribution < -0.4 is 17.3 Å². The van der Waals surface area contributed by atoms with E-state index >= 15 is 0 Å². The van der Waals surface area contributed by atoms with E-state index < -0.39 is 0 Å². The van der Waals surface area contributed by atoms with Crippen molar-refractivity contribution < 1.29 is 0 Å². The van der Waals surface area contributed by atoms with Gasteiger partial charge in [0, 0.05) is 11.3 Å². The molecule has 4 nitrogen and oxygen atoms in total. The predicted molar refractivity (Wildman–Crippen MR) is 57.7 cm³/mol. The molecule has 1 aromatic rings. The van der Waals surface area contributed by atoms with Crippen LogP contribution in [0.1, 0.15) is 29.9 Å². The smallest absolute Gasteiger partial charge is 0.150 e. The van der Waals surface area contributed by atoms with Gasteiger partial charge in [-0.2, -0.15) is 5.10 Å². The first-order valence-corrected chi connectivity index (χ1v) is 4.65. The molecule has 0 saturated heterocycles. The Labute approximate surface area is 82.8 Å². The van der Waals surface area contributed by atoms with Gasteiger partial charge in [0.15, 0.2) is 0 Å². The molecule has 0 radical (unpaired) electrons. The normalized spacial score (nSPS) is 17.0. The van der Waals surface area contributed by atoms with E-state index in [1.807, 2.05) is 12.1 Å². The molecule has 0 aliphatic heterocycles. The van der Waals surface area contributed by atoms with Crippen LogP contribution in [0.15, 0.2) is 23.3 Å². The Bertz CT molecular complexity index is 380. The zero-order chi connectivity index (χ0) is 10.1. The maximum absolute atomic E-state index is 5.77. The minimum atomic E-state index is 0.333. The van der Waals surface area contributed by atoms with E-state index in [1.165, 1.54) is 18.4 Å². The number of hydrogen-bond donors (Lipinski definition) is 3. The van der Waals surface area contributed by atoms with Gasteiger partial charge in [-0.15, -0.1) is 0 Å². The van der Waals surface area contributed by atoms with Gasteiger partial charge in [-0.25, -0.2) is 0 Å². The van der Waals surface area contributed by atoms with E-state index in [0.717, 1.165) is 11.3 Å². The van der Waals surface area contributed by atoms with Crippen molar-refractivity contribution in [1.82, 2.24) is 0 Å². The van der Waals surface area contributed by atoms with Gasteiger partial charge >= 0.3 is 0 Å². The molecule has 1 fully saturated rings. The third-order valence-corrected chi connectivity index (χ3v) is 2.46. The van der Waals surface area contributed by atoms with Crippen molar-refractivity contribution >= 4 is 11.5 Å². The predicted octanol–water partition coefficient (Wildman–Crippen LogP) is 0.725. The second kappa shape index (κ2) is 3.21. The average Bonchev–Trinajstić information content (AvgIpc) is 2.98. The third kappa shape index (κ3) is 1.64. The molecule has 0 amide bonds. The quantitative estimate of drug-likeness (QED) is 0.211. The average molecular weight is 190 g/mol. The highest BCUT2D eigenvalue weighted by atomic mass is 15.2. The highest BCUT2D eigenvalue weighted by Crippen LogP contribution is 2.40. The fourth-order valence-corrected chi connectivity index (χ4v) is 1.55. The fraction of sp³-hybridized carbons (Fsp3) is 0.300. The van der Waals surface area contributed by atoms with E-state index in [2.05, 4.69) is 5.10 Å². The molecule has 74 valence electrons. The van der Waals surface area contributed by atoms with Crippen molar-refractivity contribution in [1.29, 1.82) is 0 Å². The Balaban J connectivity index is 2.40. The Morgan fingerprint density at radius 2 is 2.00 bits per heavy atom. The van der Waals surface area contributed by atoms with Crippen LogP contribution in [0.5, 0.6) is 0 Å². The summed E-state index contributed by atoms with van der Waals surface area (Å²) >= 11 is 0. The molecule has 0 aromatic heterocycles. The highest BCUT2D eigenvalue weighted by Gasteiger charge is 2.24. The van der Waals surface area contributed by atoms with Gasteiger partial charge in [-0.05, 0) is 42.5 Å². The first-order valence-electron chi connectivity index (χ1n) is 4.65. The summed E-state index contributed by atoms with van der Waals surface area (Å²) in [5.41, 5.74) is 14.2. The summed E-state index contributed by atoms with van der Waals surface area (Å²) in [4.78, 5) is 0. The zero-order valence-corrected chi connectivity index (χ0v) is 7.90. The summed E-state index contributed by atoms with van der Waals surface area (Å²) in [7, 11) is 0. The van der Waals surface area contributed by atoms with Crippen LogP contribution in [0.25, 0.3) is 0 Å². The highest BCUT2D eigenvalue weighted by molar-refractivity contribution is 5.98. The van der Waals surface area contributed by atoms with Crippen molar-refractivity contribution in [3.05, 3.63) is 29.3 Å². The summed E-state index contributed by atoms with van der Waals surface area (Å²) in [5.74, 6) is 6.11. The number of benzene rings is 1. The van der Waals surface area contributed by atoms with Gasteiger partial charge in [-0.1, -0.05) is 0 Å². The van der Waals surface area contributed by atoms with Crippen molar-refractivity contribution in [2.24, 2.45) is 16.7 Å². The van der Waals surface area contributed by atoms with E-state index in [0.29, 0.717) is 11.8 Å². The standard InChI is InChI=1S/C10H14N4/c11-9-4-7(6-1-2-6)3-8(5-9)10(12)14-13/h3-6H,1-2,11,13H2,(H2,12,14). The number of amidine groups is 1. The Morgan fingerprint density at radius 3 is 2.57 bits per heavy atom. The molecule has 0 heterocycles. The summed E-state index contributed by atoms with van der Waals surface area (Å²) in [5, 5.41) is 3.46. The summed E-state index contributed by atoms with van der Waals surface area (Å²) in [6.07, 6.45) is 2.48. The number of nitrogen functional groups attached to an aromatic ring is 1. The van der Waals surface area contributed by atoms with E-state index in [1.54, 1.807) is 6.07 Å². The maximum Gasteiger partial charge on any atom is 0.150 e. The number of nitrogens with zero attached hydrogens (tertiary/aromatic N) is 1. The molecule has 1 aromatic carbocycles. The van der Waals surface area contributed by atoms with Gasteiger partial charge in [0.1, 0.15) is 5.84 Å². The maximum atomic E-state index is 5.77. The second-order valence-corrected chi connectivity index (χ2v) is 3.68. The SMILES string of the molecule is N/N=C(\N)c1cc(N)cc(C2CC2)c1. The zero-order valence-electron chi connectivity index (χ0n) is 7.90. The van der Waals surface area contributed by atoms with Gasteiger partial charge in [0.25, 0.3) is 0 Å². The van der Waals surface area contributed by atoms with Crippen LogP contribution in [0.4, 0.5) is 5.69 Å². The number of hydrogen-bond acceptors (Lipinski definition) is 3. The molecular formula is C10H14N4. The lowest BCUT2D eigenvalue weighted by molar-refractivity contribution is 1.13. The van der Waals surface area contributed by atoms with Crippen molar-refractivity contribution in [3.8, 4) is 0 Å². The number of nitrogens with two attached hydrogens (primary N) is 3. The topological polar surface area (TPSA) is 90.4 Å². The molecule has 0 unspecified atom stereocenters. The lowest BCUT2D eigenvalue weighted by atomic mass is 10.1. The van der Waals surface area contributed by atoms with Crippen LogP contribution >= 0.6 is 0 Å². The summed E-state index contributed by atoms with van der Waals surface area (Å²) in [6, 6.07) is 5.79. The fourth-order valence-electron chi connectivity index (χ4n) is 1.55.